The van der Waals surface area contributed by atoms with Gasteiger partial charge in [0.25, 0.3) is 0 Å². The third kappa shape index (κ3) is 32.7. The maximum absolute atomic E-state index is 2.43. The van der Waals surface area contributed by atoms with Gasteiger partial charge in [0.05, 0.1) is 0 Å². The van der Waals surface area contributed by atoms with Gasteiger partial charge >= 0.3 is 47.7 Å². The maximum atomic E-state index is 2.43. The zero-order valence-electron chi connectivity index (χ0n) is 4.08. The van der Waals surface area contributed by atoms with E-state index in [2.05, 4.69) is 17.3 Å². The van der Waals surface area contributed by atoms with Gasteiger partial charge in [0.2, 0.25) is 0 Å². The topological polar surface area (TPSA) is 0 Å². The van der Waals surface area contributed by atoms with Crippen molar-refractivity contribution in [1.29, 1.82) is 0 Å². The van der Waals surface area contributed by atoms with E-state index in [1.807, 2.05) is 0 Å². The number of hydrogen-bond donors (Lipinski definition) is 0. The summed E-state index contributed by atoms with van der Waals surface area (Å²) in [4.78, 5) is 0. The molecule has 0 saturated carbocycles. The zero-order valence-corrected chi connectivity index (χ0v) is 9.47. The van der Waals surface area contributed by atoms with Crippen molar-refractivity contribution < 1.29 is 0 Å². The molecule has 0 fully saturated rings. The Bertz CT molecular complexity index is 22.4. The molecule has 0 N–H and O–H groups in total. The first-order chi connectivity index (χ1) is 2.00. The van der Waals surface area contributed by atoms with Gasteiger partial charge in [-0.25, -0.2) is 0 Å². The van der Waals surface area contributed by atoms with E-state index in [0.29, 0.717) is 0 Å². The molecule has 0 aliphatic heterocycles. The van der Waals surface area contributed by atoms with E-state index < -0.39 is 9.86 Å². The molecule has 0 nitrogen and oxygen atoms in total. The number of hydrogen-bond acceptors (Lipinski definition) is 0. The van der Waals surface area contributed by atoms with Crippen molar-refractivity contribution in [3.8, 4) is 0 Å². The second-order valence-corrected chi connectivity index (χ2v) is 38.0. The summed E-state index contributed by atoms with van der Waals surface area (Å²) < 4.78 is 0. The summed E-state index contributed by atoms with van der Waals surface area (Å²) >= 11 is 1.55. The summed E-state index contributed by atoms with van der Waals surface area (Å²) in [6.07, 6.45) is 0. The van der Waals surface area contributed by atoms with Gasteiger partial charge in [0.1, 0.15) is 0 Å². The molecule has 0 spiro atoms. The van der Waals surface area contributed by atoms with Gasteiger partial charge in [-0.2, -0.15) is 0 Å². The molecule has 0 aliphatic rings. The Kier molecular flexibility index (Phi) is 2.39. The van der Waals surface area contributed by atoms with Crippen LogP contribution in [0.25, 0.3) is 0 Å². The van der Waals surface area contributed by atoms with E-state index in [1.165, 1.54) is 0 Å². The summed E-state index contributed by atoms with van der Waals surface area (Å²) in [5.74, 6) is 7.30. The van der Waals surface area contributed by atoms with E-state index in [-0.39, 0.29) is 0 Å². The van der Waals surface area contributed by atoms with Crippen LogP contribution in [0.3, 0.4) is 0 Å². The number of rotatable bonds is 0. The first kappa shape index (κ1) is 6.36. The van der Waals surface area contributed by atoms with Crippen molar-refractivity contribution in [1.82, 2.24) is 0 Å². The third-order valence-corrected chi connectivity index (χ3v) is 0. The summed E-state index contributed by atoms with van der Waals surface area (Å²) in [6.45, 7) is 0. The molecule has 0 rings (SSSR count). The van der Waals surface area contributed by atoms with Crippen molar-refractivity contribution in [3.63, 3.8) is 0 Å². The molecule has 0 heterocycles. The Morgan fingerprint density at radius 3 is 1.20 bits per heavy atom. The minimum atomic E-state index is -0.870. The molecule has 0 atom stereocenters. The van der Waals surface area contributed by atoms with Crippen molar-refractivity contribution in [2.75, 3.05) is 0 Å². The van der Waals surface area contributed by atoms with Crippen LogP contribution in [0.1, 0.15) is 0 Å². The van der Waals surface area contributed by atoms with Crippen LogP contribution in [0, 0.1) is 0 Å². The standard InChI is InChI=1S/C3H9Ge.Sb.2H/c1-4(2)3;;;/h1-3H3;;;. The first-order valence-electron chi connectivity index (χ1n) is 1.79. The summed E-state index contributed by atoms with van der Waals surface area (Å²) in [7, 11) is -0.870. The van der Waals surface area contributed by atoms with Crippen molar-refractivity contribution in [2.45, 2.75) is 17.3 Å². The van der Waals surface area contributed by atoms with Crippen LogP contribution in [0.15, 0.2) is 0 Å². The fourth-order valence-electron chi connectivity index (χ4n) is 0. The molecule has 32 valence electrons. The van der Waals surface area contributed by atoms with E-state index in [4.69, 9.17) is 0 Å². The molecule has 0 aliphatic carbocycles. The average molecular weight is 241 g/mol. The van der Waals surface area contributed by atoms with Crippen molar-refractivity contribution >= 4 is 30.5 Å². The predicted molar refractivity (Wildman–Crippen MR) is 31.9 cm³/mol. The van der Waals surface area contributed by atoms with Crippen molar-refractivity contribution in [2.24, 2.45) is 0 Å². The molecular formula is C3H11GeSb. The fraction of sp³-hybridized carbons (Fsp3) is 1.00. The van der Waals surface area contributed by atoms with Gasteiger partial charge < -0.3 is 0 Å². The molecule has 5 heavy (non-hydrogen) atoms. The fourth-order valence-corrected chi connectivity index (χ4v) is 0. The van der Waals surface area contributed by atoms with Crippen LogP contribution in [0.4, 0.5) is 0 Å². The van der Waals surface area contributed by atoms with Crippen LogP contribution >= 0.6 is 0 Å². The van der Waals surface area contributed by atoms with Crippen LogP contribution in [-0.4, -0.2) is 30.5 Å². The molecular weight excluding hydrogens is 230 g/mol. The van der Waals surface area contributed by atoms with Crippen LogP contribution in [0.2, 0.25) is 17.3 Å². The van der Waals surface area contributed by atoms with Gasteiger partial charge in [-0.05, 0) is 0 Å². The molecule has 0 aromatic heterocycles. The second kappa shape index (κ2) is 1.88. The molecule has 0 aromatic rings. The normalized spacial score (nSPS) is 12.0. The van der Waals surface area contributed by atoms with Gasteiger partial charge in [-0.15, -0.1) is 0 Å². The second-order valence-electron chi connectivity index (χ2n) is 2.37. The monoisotopic (exact) mass is 242 g/mol. The molecule has 0 amide bonds. The predicted octanol–water partition coefficient (Wildman–Crippen LogP) is 0.454. The van der Waals surface area contributed by atoms with E-state index >= 15 is 0 Å². The molecule has 2 heteroatoms. The van der Waals surface area contributed by atoms with Gasteiger partial charge in [0, 0.05) is 0 Å². The molecule has 0 unspecified atom stereocenters. The Morgan fingerprint density at radius 1 is 1.20 bits per heavy atom. The molecule has 0 saturated heterocycles. The molecule has 0 aromatic carbocycles. The van der Waals surface area contributed by atoms with E-state index in [1.54, 1.807) is 20.6 Å². The van der Waals surface area contributed by atoms with Crippen LogP contribution in [-0.2, 0) is 0 Å². The third-order valence-electron chi connectivity index (χ3n) is 0. The average Bonchev–Trinajstić information content (AvgIpc) is 0.722. The first-order valence-corrected chi connectivity index (χ1v) is 17.9. The van der Waals surface area contributed by atoms with E-state index in [0.717, 1.165) is 0 Å². The Balaban J connectivity index is 3.02. The quantitative estimate of drug-likeness (QED) is 0.541. The Morgan fingerprint density at radius 2 is 1.20 bits per heavy atom. The zero-order chi connectivity index (χ0) is 4.50. The Hall–Kier alpha value is 1.36. The van der Waals surface area contributed by atoms with Gasteiger partial charge in [0.15, 0.2) is 0 Å². The summed E-state index contributed by atoms with van der Waals surface area (Å²) in [5, 5.41) is 0. The van der Waals surface area contributed by atoms with Crippen molar-refractivity contribution in [3.05, 3.63) is 0 Å². The van der Waals surface area contributed by atoms with Gasteiger partial charge in [-0.3, -0.25) is 0 Å². The van der Waals surface area contributed by atoms with Crippen LogP contribution < -0.4 is 0 Å². The Labute approximate surface area is 47.6 Å². The minimum absolute atomic E-state index is 0.870. The van der Waals surface area contributed by atoms with Gasteiger partial charge in [-0.1, -0.05) is 0 Å². The molecule has 0 radical (unpaired) electrons. The summed E-state index contributed by atoms with van der Waals surface area (Å²) in [5.41, 5.74) is 0. The van der Waals surface area contributed by atoms with E-state index in [9.17, 15) is 0 Å². The molecule has 0 bridgehead atoms. The summed E-state index contributed by atoms with van der Waals surface area (Å²) in [6, 6.07) is 0. The SMILES string of the molecule is [CH3][Ge]([CH3])([CH3])[SbH2]. The van der Waals surface area contributed by atoms with Crippen LogP contribution in [0.5, 0.6) is 0 Å².